The molecule has 83 heavy (non-hydrogen) atoms. The molecule has 482 valence electrons. The summed E-state index contributed by atoms with van der Waals surface area (Å²) in [4.78, 5) is 26.7. The van der Waals surface area contributed by atoms with Gasteiger partial charge in [-0.2, -0.15) is 0 Å². The molecule has 1 saturated heterocycles. The summed E-state index contributed by atoms with van der Waals surface area (Å²) in [5.41, 5.74) is 0. The lowest BCUT2D eigenvalue weighted by atomic mass is 9.99. The largest absolute Gasteiger partial charge is 0.454 e. The molecule has 0 radical (unpaired) electrons. The first-order valence-corrected chi connectivity index (χ1v) is 34.7. The average Bonchev–Trinajstić information content (AvgIpc) is 3.50. The average molecular weight is 1170 g/mol. The SMILES string of the molecule is CCCCC/C=C\C/C=C\C/C=C\C/C=C\CCCCCCCCCC(=O)OC1C(OCC(NC(=O)C(O)CCCCCCCCCC/C=C/CCCCCCCC)C(O)/C=C/CCCCCCCCCCCCC)OC(CO)C(O)C1O. The van der Waals surface area contributed by atoms with Gasteiger partial charge in [0.15, 0.2) is 12.4 Å². The van der Waals surface area contributed by atoms with Gasteiger partial charge in [0, 0.05) is 6.42 Å². The summed E-state index contributed by atoms with van der Waals surface area (Å²) in [6, 6.07) is -1.03. The van der Waals surface area contributed by atoms with Crippen molar-refractivity contribution in [1.29, 1.82) is 0 Å². The zero-order valence-electron chi connectivity index (χ0n) is 53.6. The Hall–Kier alpha value is -2.90. The molecule has 11 nitrogen and oxygen atoms in total. The topological polar surface area (TPSA) is 175 Å². The zero-order valence-corrected chi connectivity index (χ0v) is 53.6. The first-order valence-electron chi connectivity index (χ1n) is 34.7. The number of unbranched alkanes of at least 4 members (excludes halogenated alkanes) is 35. The minimum absolute atomic E-state index is 0.109. The van der Waals surface area contributed by atoms with Crippen LogP contribution in [-0.4, -0.2) is 99.6 Å². The minimum atomic E-state index is -1.62. The molecule has 0 aromatic rings. The van der Waals surface area contributed by atoms with E-state index in [2.05, 4.69) is 86.8 Å². The third-order valence-corrected chi connectivity index (χ3v) is 16.1. The fraction of sp³-hybridized carbons (Fsp3) is 0.806. The number of nitrogens with one attached hydrogen (secondary N) is 1. The van der Waals surface area contributed by atoms with E-state index in [-0.39, 0.29) is 19.4 Å². The molecule has 1 fully saturated rings. The highest BCUT2D eigenvalue weighted by Gasteiger charge is 2.47. The Balaban J connectivity index is 2.63. The van der Waals surface area contributed by atoms with Crippen LogP contribution in [0.2, 0.25) is 0 Å². The third kappa shape index (κ3) is 46.9. The molecule has 0 aliphatic carbocycles. The Morgan fingerprint density at radius 3 is 1.28 bits per heavy atom. The summed E-state index contributed by atoms with van der Waals surface area (Å²) in [7, 11) is 0. The minimum Gasteiger partial charge on any atom is -0.454 e. The summed E-state index contributed by atoms with van der Waals surface area (Å²) >= 11 is 0. The van der Waals surface area contributed by atoms with Crippen molar-refractivity contribution in [2.24, 2.45) is 0 Å². The van der Waals surface area contributed by atoms with Gasteiger partial charge in [-0.25, -0.2) is 0 Å². The molecule has 0 spiro atoms. The molecule has 0 bridgehead atoms. The summed E-state index contributed by atoms with van der Waals surface area (Å²) in [5.74, 6) is -1.20. The lowest BCUT2D eigenvalue weighted by Gasteiger charge is -2.41. The Labute approximate surface area is 509 Å². The van der Waals surface area contributed by atoms with Crippen LogP contribution in [0.25, 0.3) is 0 Å². The van der Waals surface area contributed by atoms with Gasteiger partial charge in [0.05, 0.1) is 25.4 Å². The third-order valence-electron chi connectivity index (χ3n) is 16.1. The number of aliphatic hydroxyl groups is 5. The Morgan fingerprint density at radius 2 is 0.831 bits per heavy atom. The van der Waals surface area contributed by atoms with Crippen LogP contribution in [0.15, 0.2) is 72.9 Å². The summed E-state index contributed by atoms with van der Waals surface area (Å²) in [6.45, 7) is 5.78. The Kier molecular flexibility index (Phi) is 55.9. The van der Waals surface area contributed by atoms with E-state index in [0.29, 0.717) is 12.8 Å². The van der Waals surface area contributed by atoms with E-state index in [4.69, 9.17) is 14.2 Å². The van der Waals surface area contributed by atoms with Crippen molar-refractivity contribution in [2.45, 2.75) is 359 Å². The summed E-state index contributed by atoms with van der Waals surface area (Å²) < 4.78 is 17.7. The van der Waals surface area contributed by atoms with E-state index in [0.717, 1.165) is 109 Å². The smallest absolute Gasteiger partial charge is 0.306 e. The molecule has 11 heteroatoms. The maximum absolute atomic E-state index is 13.5. The first kappa shape index (κ1) is 78.1. The Bertz CT molecular complexity index is 1630. The summed E-state index contributed by atoms with van der Waals surface area (Å²) in [5, 5.41) is 57.2. The maximum atomic E-state index is 13.5. The molecule has 0 saturated carbocycles. The monoisotopic (exact) mass is 1170 g/mol. The number of hydrogen-bond donors (Lipinski definition) is 6. The van der Waals surface area contributed by atoms with E-state index in [1.165, 1.54) is 154 Å². The maximum Gasteiger partial charge on any atom is 0.306 e. The molecule has 1 rings (SSSR count). The van der Waals surface area contributed by atoms with Crippen molar-refractivity contribution in [1.82, 2.24) is 5.32 Å². The molecule has 1 heterocycles. The van der Waals surface area contributed by atoms with Gasteiger partial charge in [-0.1, -0.05) is 280 Å². The van der Waals surface area contributed by atoms with Gasteiger partial charge in [-0.15, -0.1) is 0 Å². The van der Waals surface area contributed by atoms with Crippen LogP contribution in [-0.2, 0) is 23.8 Å². The second-order valence-electron chi connectivity index (χ2n) is 23.9. The molecule has 1 aliphatic rings. The lowest BCUT2D eigenvalue weighted by molar-refractivity contribution is -0.305. The molecule has 8 atom stereocenters. The summed E-state index contributed by atoms with van der Waals surface area (Å²) in [6.07, 6.45) is 66.4. The number of rotatable bonds is 59. The normalized spacial score (nSPS) is 19.0. The molecular formula is C72H129NO10. The van der Waals surface area contributed by atoms with Gasteiger partial charge >= 0.3 is 5.97 Å². The second kappa shape index (κ2) is 59.4. The number of carbonyl (C=O) groups is 2. The molecule has 1 amide bonds. The van der Waals surface area contributed by atoms with Crippen LogP contribution >= 0.6 is 0 Å². The van der Waals surface area contributed by atoms with Crippen molar-refractivity contribution in [2.75, 3.05) is 13.2 Å². The highest BCUT2D eigenvalue weighted by molar-refractivity contribution is 5.80. The molecule has 0 aromatic heterocycles. The van der Waals surface area contributed by atoms with Crippen molar-refractivity contribution in [3.05, 3.63) is 72.9 Å². The number of ether oxygens (including phenoxy) is 3. The number of allylic oxidation sites excluding steroid dienone is 11. The standard InChI is InChI=1S/C72H129NO10/c1-4-7-10-13-16-19-22-25-27-29-31-32-33-34-35-37-39-42-45-48-51-54-57-60-67(77)83-70-69(79)68(78)66(61-74)82-72(70)81-62-63(64(75)58-55-52-49-46-43-40-24-21-18-15-12-9-6-3)73-71(80)65(76)59-56-53-50-47-44-41-38-36-30-28-26-23-20-17-14-11-8-5-2/h16,19,25-28,31-32,34-35,55,58,63-66,68-70,72,74-76,78-79H,4-15,17-18,20-24,29-30,33,36-54,56-57,59-62H2,1-3H3,(H,73,80)/b19-16-,27-25-,28-26+,32-31-,35-34-,58-55+. The highest BCUT2D eigenvalue weighted by Crippen LogP contribution is 2.26. The first-order chi connectivity index (χ1) is 40.7. The zero-order chi connectivity index (χ0) is 60.3. The number of hydrogen-bond acceptors (Lipinski definition) is 10. The van der Waals surface area contributed by atoms with Gasteiger partial charge < -0.3 is 45.1 Å². The molecule has 1 aliphatic heterocycles. The van der Waals surface area contributed by atoms with Crippen molar-refractivity contribution in [3.8, 4) is 0 Å². The van der Waals surface area contributed by atoms with Crippen molar-refractivity contribution in [3.63, 3.8) is 0 Å². The number of carbonyl (C=O) groups excluding carboxylic acids is 2. The highest BCUT2D eigenvalue weighted by atomic mass is 16.7. The van der Waals surface area contributed by atoms with E-state index in [1.807, 2.05) is 6.08 Å². The van der Waals surface area contributed by atoms with Crippen LogP contribution < -0.4 is 5.32 Å². The fourth-order valence-corrected chi connectivity index (χ4v) is 10.6. The second-order valence-corrected chi connectivity index (χ2v) is 23.9. The lowest BCUT2D eigenvalue weighted by Crippen LogP contribution is -2.61. The van der Waals surface area contributed by atoms with E-state index < -0.39 is 67.4 Å². The quantitative estimate of drug-likeness (QED) is 0.0195. The fourth-order valence-electron chi connectivity index (χ4n) is 10.6. The van der Waals surface area contributed by atoms with Crippen LogP contribution in [0.5, 0.6) is 0 Å². The molecule has 6 N–H and O–H groups in total. The Morgan fingerprint density at radius 1 is 0.470 bits per heavy atom. The van der Waals surface area contributed by atoms with E-state index in [9.17, 15) is 35.1 Å². The van der Waals surface area contributed by atoms with Gasteiger partial charge in [0.25, 0.3) is 0 Å². The van der Waals surface area contributed by atoms with Gasteiger partial charge in [-0.3, -0.25) is 9.59 Å². The molecule has 0 aromatic carbocycles. The number of esters is 1. The van der Waals surface area contributed by atoms with Crippen molar-refractivity contribution < 1.29 is 49.3 Å². The van der Waals surface area contributed by atoms with Crippen LogP contribution in [0.1, 0.15) is 310 Å². The number of amides is 1. The predicted molar refractivity (Wildman–Crippen MR) is 347 cm³/mol. The van der Waals surface area contributed by atoms with E-state index >= 15 is 0 Å². The molecular weight excluding hydrogens is 1040 g/mol. The van der Waals surface area contributed by atoms with Gasteiger partial charge in [0.1, 0.15) is 24.4 Å². The van der Waals surface area contributed by atoms with Gasteiger partial charge in [-0.05, 0) is 96.3 Å². The van der Waals surface area contributed by atoms with Crippen LogP contribution in [0, 0.1) is 0 Å². The van der Waals surface area contributed by atoms with Crippen LogP contribution in [0.4, 0.5) is 0 Å². The van der Waals surface area contributed by atoms with Crippen molar-refractivity contribution >= 4 is 11.9 Å². The van der Waals surface area contributed by atoms with E-state index in [1.54, 1.807) is 6.08 Å². The predicted octanol–water partition coefficient (Wildman–Crippen LogP) is 17.5. The molecule has 8 unspecified atom stereocenters. The van der Waals surface area contributed by atoms with Gasteiger partial charge in [0.2, 0.25) is 5.91 Å². The number of aliphatic hydroxyl groups excluding tert-OH is 5. The van der Waals surface area contributed by atoms with Crippen LogP contribution in [0.3, 0.4) is 0 Å².